The lowest BCUT2D eigenvalue weighted by Gasteiger charge is -2.10. The number of methoxy groups -OCH3 is 1. The van der Waals surface area contributed by atoms with Crippen LogP contribution in [0, 0.1) is 5.92 Å². The molecular formula is C18H22N2O2. The van der Waals surface area contributed by atoms with E-state index < -0.39 is 0 Å². The molecule has 1 amide bonds. The maximum atomic E-state index is 11.7. The molecular weight excluding hydrogens is 276 g/mol. The quantitative estimate of drug-likeness (QED) is 0.861. The van der Waals surface area contributed by atoms with Gasteiger partial charge in [-0.1, -0.05) is 43.3 Å². The minimum absolute atomic E-state index is 0.0145. The van der Waals surface area contributed by atoms with Gasteiger partial charge in [0.15, 0.2) is 0 Å². The second-order valence-corrected chi connectivity index (χ2v) is 5.28. The molecule has 2 aromatic carbocycles. The summed E-state index contributed by atoms with van der Waals surface area (Å²) in [6.45, 7) is 2.70. The van der Waals surface area contributed by atoms with Crippen LogP contribution >= 0.6 is 0 Å². The number of amides is 1. The molecule has 0 saturated carbocycles. The van der Waals surface area contributed by atoms with Crippen molar-refractivity contribution in [2.24, 2.45) is 11.7 Å². The number of hydrogen-bond acceptors (Lipinski definition) is 3. The number of ether oxygens (including phenoxy) is 1. The van der Waals surface area contributed by atoms with Crippen LogP contribution in [-0.4, -0.2) is 19.6 Å². The molecule has 2 rings (SSSR count). The molecule has 22 heavy (non-hydrogen) atoms. The topological polar surface area (TPSA) is 64.3 Å². The zero-order valence-corrected chi connectivity index (χ0v) is 13.0. The summed E-state index contributed by atoms with van der Waals surface area (Å²) in [4.78, 5) is 11.7. The molecule has 0 bridgehead atoms. The van der Waals surface area contributed by atoms with Crippen molar-refractivity contribution >= 4 is 5.91 Å². The van der Waals surface area contributed by atoms with E-state index >= 15 is 0 Å². The Morgan fingerprint density at radius 3 is 2.55 bits per heavy atom. The molecule has 0 aliphatic rings. The molecule has 0 aliphatic heterocycles. The van der Waals surface area contributed by atoms with Crippen LogP contribution in [-0.2, 0) is 11.3 Å². The standard InChI is InChI=1S/C18H22N2O2/c1-13(11-19)18(21)20-12-14-6-8-15(9-7-14)16-4-3-5-17(10-16)22-2/h3-10,13H,11-12,19H2,1-2H3,(H,20,21). The number of carbonyl (C=O) groups is 1. The number of hydrogen-bond donors (Lipinski definition) is 2. The Balaban J connectivity index is 2.02. The predicted octanol–water partition coefficient (Wildman–Crippen LogP) is 2.57. The summed E-state index contributed by atoms with van der Waals surface area (Å²) in [7, 11) is 1.66. The van der Waals surface area contributed by atoms with Gasteiger partial charge in [-0.2, -0.15) is 0 Å². The van der Waals surface area contributed by atoms with E-state index in [0.29, 0.717) is 13.1 Å². The van der Waals surface area contributed by atoms with Crippen LogP contribution in [0.2, 0.25) is 0 Å². The molecule has 0 heterocycles. The lowest BCUT2D eigenvalue weighted by molar-refractivity contribution is -0.124. The van der Waals surface area contributed by atoms with E-state index in [1.54, 1.807) is 7.11 Å². The van der Waals surface area contributed by atoms with Gasteiger partial charge in [-0.25, -0.2) is 0 Å². The Kier molecular flexibility index (Phi) is 5.55. The molecule has 0 fully saturated rings. The third-order valence-corrected chi connectivity index (χ3v) is 3.62. The van der Waals surface area contributed by atoms with Crippen molar-refractivity contribution in [2.45, 2.75) is 13.5 Å². The van der Waals surface area contributed by atoms with Gasteiger partial charge in [-0.15, -0.1) is 0 Å². The van der Waals surface area contributed by atoms with Crippen LogP contribution in [0.25, 0.3) is 11.1 Å². The van der Waals surface area contributed by atoms with Crippen molar-refractivity contribution in [3.8, 4) is 16.9 Å². The van der Waals surface area contributed by atoms with Gasteiger partial charge in [0.2, 0.25) is 5.91 Å². The zero-order chi connectivity index (χ0) is 15.9. The lowest BCUT2D eigenvalue weighted by atomic mass is 10.0. The third kappa shape index (κ3) is 4.09. The van der Waals surface area contributed by atoms with E-state index in [2.05, 4.69) is 5.32 Å². The van der Waals surface area contributed by atoms with Gasteiger partial charge in [0, 0.05) is 19.0 Å². The normalized spacial score (nSPS) is 11.8. The fraction of sp³-hybridized carbons (Fsp3) is 0.278. The summed E-state index contributed by atoms with van der Waals surface area (Å²) >= 11 is 0. The highest BCUT2D eigenvalue weighted by molar-refractivity contribution is 5.78. The maximum Gasteiger partial charge on any atom is 0.224 e. The highest BCUT2D eigenvalue weighted by atomic mass is 16.5. The van der Waals surface area contributed by atoms with E-state index in [0.717, 1.165) is 22.4 Å². The van der Waals surface area contributed by atoms with E-state index in [-0.39, 0.29) is 11.8 Å². The summed E-state index contributed by atoms with van der Waals surface area (Å²) < 4.78 is 5.24. The second-order valence-electron chi connectivity index (χ2n) is 5.28. The predicted molar refractivity (Wildman–Crippen MR) is 88.5 cm³/mol. The fourth-order valence-corrected chi connectivity index (χ4v) is 2.09. The Morgan fingerprint density at radius 2 is 1.91 bits per heavy atom. The molecule has 0 saturated heterocycles. The number of nitrogens with two attached hydrogens (primary N) is 1. The minimum atomic E-state index is -0.156. The van der Waals surface area contributed by atoms with Crippen LogP contribution in [0.4, 0.5) is 0 Å². The van der Waals surface area contributed by atoms with Gasteiger partial charge in [0.25, 0.3) is 0 Å². The number of nitrogens with one attached hydrogen (secondary N) is 1. The van der Waals surface area contributed by atoms with Crippen LogP contribution in [0.5, 0.6) is 5.75 Å². The molecule has 1 atom stereocenters. The third-order valence-electron chi connectivity index (χ3n) is 3.62. The summed E-state index contributed by atoms with van der Waals surface area (Å²) in [5.41, 5.74) is 8.76. The molecule has 4 heteroatoms. The summed E-state index contributed by atoms with van der Waals surface area (Å²) in [6, 6.07) is 16.1. The monoisotopic (exact) mass is 298 g/mol. The first kappa shape index (κ1) is 16.0. The number of benzene rings is 2. The van der Waals surface area contributed by atoms with Crippen molar-refractivity contribution in [3.63, 3.8) is 0 Å². The van der Waals surface area contributed by atoms with Gasteiger partial charge < -0.3 is 15.8 Å². The highest BCUT2D eigenvalue weighted by Gasteiger charge is 2.09. The highest BCUT2D eigenvalue weighted by Crippen LogP contribution is 2.24. The number of rotatable bonds is 6. The first-order chi connectivity index (χ1) is 10.6. The average Bonchev–Trinajstić information content (AvgIpc) is 2.59. The SMILES string of the molecule is COc1cccc(-c2ccc(CNC(=O)C(C)CN)cc2)c1. The van der Waals surface area contributed by atoms with Gasteiger partial charge in [-0.05, 0) is 28.8 Å². The summed E-state index contributed by atoms with van der Waals surface area (Å²) in [5, 5.41) is 2.89. The molecule has 0 aromatic heterocycles. The molecule has 1 unspecified atom stereocenters. The van der Waals surface area contributed by atoms with E-state index in [1.165, 1.54) is 0 Å². The van der Waals surface area contributed by atoms with Gasteiger partial charge in [-0.3, -0.25) is 4.79 Å². The molecule has 4 nitrogen and oxygen atoms in total. The van der Waals surface area contributed by atoms with E-state index in [9.17, 15) is 4.79 Å². The van der Waals surface area contributed by atoms with Crippen molar-refractivity contribution in [1.29, 1.82) is 0 Å². The maximum absolute atomic E-state index is 11.7. The van der Waals surface area contributed by atoms with Crippen LogP contribution in [0.1, 0.15) is 12.5 Å². The Morgan fingerprint density at radius 1 is 1.18 bits per heavy atom. The molecule has 2 aromatic rings. The molecule has 0 aliphatic carbocycles. The molecule has 0 spiro atoms. The van der Waals surface area contributed by atoms with E-state index in [1.807, 2.05) is 55.5 Å². The molecule has 0 radical (unpaired) electrons. The van der Waals surface area contributed by atoms with Crippen molar-refractivity contribution in [3.05, 3.63) is 54.1 Å². The van der Waals surface area contributed by atoms with Gasteiger partial charge in [0.1, 0.15) is 5.75 Å². The lowest BCUT2D eigenvalue weighted by Crippen LogP contribution is -2.32. The number of carbonyl (C=O) groups excluding carboxylic acids is 1. The van der Waals surface area contributed by atoms with Gasteiger partial charge in [0.05, 0.1) is 7.11 Å². The van der Waals surface area contributed by atoms with Crippen molar-refractivity contribution < 1.29 is 9.53 Å². The van der Waals surface area contributed by atoms with Crippen LogP contribution in [0.15, 0.2) is 48.5 Å². The summed E-state index contributed by atoms with van der Waals surface area (Å²) in [6.07, 6.45) is 0. The zero-order valence-electron chi connectivity index (χ0n) is 13.0. The minimum Gasteiger partial charge on any atom is -0.497 e. The van der Waals surface area contributed by atoms with Crippen LogP contribution in [0.3, 0.4) is 0 Å². The Bertz CT molecular complexity index is 623. The van der Waals surface area contributed by atoms with Crippen molar-refractivity contribution in [1.82, 2.24) is 5.32 Å². The Hall–Kier alpha value is -2.33. The van der Waals surface area contributed by atoms with Gasteiger partial charge >= 0.3 is 0 Å². The first-order valence-corrected chi connectivity index (χ1v) is 7.35. The fourth-order valence-electron chi connectivity index (χ4n) is 2.09. The largest absolute Gasteiger partial charge is 0.497 e. The smallest absolute Gasteiger partial charge is 0.224 e. The second kappa shape index (κ2) is 7.61. The average molecular weight is 298 g/mol. The van der Waals surface area contributed by atoms with Crippen molar-refractivity contribution in [2.75, 3.05) is 13.7 Å². The first-order valence-electron chi connectivity index (χ1n) is 7.35. The molecule has 116 valence electrons. The Labute approximate surface area is 131 Å². The van der Waals surface area contributed by atoms with E-state index in [4.69, 9.17) is 10.5 Å². The summed E-state index contributed by atoms with van der Waals surface area (Å²) in [5.74, 6) is 0.667. The molecule has 3 N–H and O–H groups in total. The van der Waals surface area contributed by atoms with Crippen LogP contribution < -0.4 is 15.8 Å².